The molecule has 0 aliphatic heterocycles. The van der Waals surface area contributed by atoms with E-state index in [4.69, 9.17) is 10.5 Å². The third kappa shape index (κ3) is 3.79. The monoisotopic (exact) mass is 298 g/mol. The number of hydrogen-bond acceptors (Lipinski definition) is 3. The maximum atomic E-state index is 12.3. The van der Waals surface area contributed by atoms with Gasteiger partial charge in [0.15, 0.2) is 0 Å². The van der Waals surface area contributed by atoms with Gasteiger partial charge in [-0.15, -0.1) is 0 Å². The van der Waals surface area contributed by atoms with Crippen LogP contribution in [0.15, 0.2) is 36.4 Å². The van der Waals surface area contributed by atoms with Gasteiger partial charge < -0.3 is 15.8 Å². The smallest absolute Gasteiger partial charge is 0.255 e. The molecular formula is C18H22N2O2. The fourth-order valence-electron chi connectivity index (χ4n) is 2.06. The number of nitrogens with two attached hydrogens (primary N) is 1. The highest BCUT2D eigenvalue weighted by Gasteiger charge is 2.09. The topological polar surface area (TPSA) is 64.3 Å². The Kier molecular flexibility index (Phi) is 5.04. The highest BCUT2D eigenvalue weighted by Crippen LogP contribution is 2.23. The molecule has 2 rings (SSSR count). The zero-order valence-corrected chi connectivity index (χ0v) is 13.3. The van der Waals surface area contributed by atoms with Gasteiger partial charge in [0.2, 0.25) is 0 Å². The minimum atomic E-state index is -0.183. The summed E-state index contributed by atoms with van der Waals surface area (Å²) in [6.07, 6.45) is 0.911. The van der Waals surface area contributed by atoms with Gasteiger partial charge in [0.1, 0.15) is 5.75 Å². The lowest BCUT2D eigenvalue weighted by molar-refractivity contribution is 0.102. The minimum Gasteiger partial charge on any atom is -0.491 e. The number of hydrogen-bond donors (Lipinski definition) is 2. The lowest BCUT2D eigenvalue weighted by atomic mass is 10.1. The Morgan fingerprint density at radius 1 is 1.14 bits per heavy atom. The van der Waals surface area contributed by atoms with Crippen molar-refractivity contribution in [3.8, 4) is 5.75 Å². The molecule has 0 aliphatic carbocycles. The van der Waals surface area contributed by atoms with Crippen molar-refractivity contribution in [2.24, 2.45) is 0 Å². The molecule has 4 nitrogen and oxygen atoms in total. The SMILES string of the molecule is CCCOc1ccc(C(=O)Nc2ccc(C)c(C)c2)cc1N. The molecule has 0 fully saturated rings. The number of aryl methyl sites for hydroxylation is 2. The Bertz CT molecular complexity index is 681. The Hall–Kier alpha value is -2.49. The molecule has 22 heavy (non-hydrogen) atoms. The largest absolute Gasteiger partial charge is 0.491 e. The summed E-state index contributed by atoms with van der Waals surface area (Å²) in [4.78, 5) is 12.3. The van der Waals surface area contributed by atoms with Gasteiger partial charge in [0.05, 0.1) is 12.3 Å². The van der Waals surface area contributed by atoms with Crippen molar-refractivity contribution in [2.75, 3.05) is 17.7 Å². The van der Waals surface area contributed by atoms with E-state index in [9.17, 15) is 4.79 Å². The quantitative estimate of drug-likeness (QED) is 0.822. The number of carbonyl (C=O) groups is 1. The van der Waals surface area contributed by atoms with Crippen LogP contribution in [0.3, 0.4) is 0 Å². The van der Waals surface area contributed by atoms with Crippen LogP contribution in [0.4, 0.5) is 11.4 Å². The van der Waals surface area contributed by atoms with Gasteiger partial charge in [-0.05, 0) is 61.7 Å². The van der Waals surface area contributed by atoms with Crippen LogP contribution in [-0.4, -0.2) is 12.5 Å². The minimum absolute atomic E-state index is 0.183. The molecule has 0 saturated carbocycles. The maximum absolute atomic E-state index is 12.3. The van der Waals surface area contributed by atoms with E-state index in [1.54, 1.807) is 18.2 Å². The van der Waals surface area contributed by atoms with Crippen LogP contribution < -0.4 is 15.8 Å². The normalized spacial score (nSPS) is 10.3. The molecule has 0 aromatic heterocycles. The van der Waals surface area contributed by atoms with Crippen LogP contribution in [0.2, 0.25) is 0 Å². The predicted octanol–water partition coefficient (Wildman–Crippen LogP) is 3.93. The highest BCUT2D eigenvalue weighted by molar-refractivity contribution is 6.05. The summed E-state index contributed by atoms with van der Waals surface area (Å²) in [6, 6.07) is 10.9. The summed E-state index contributed by atoms with van der Waals surface area (Å²) in [7, 11) is 0. The zero-order valence-electron chi connectivity index (χ0n) is 13.3. The standard InChI is InChI=1S/C18H22N2O2/c1-4-9-22-17-8-6-14(11-16(17)19)18(21)20-15-7-5-12(2)13(3)10-15/h5-8,10-11H,4,9,19H2,1-3H3,(H,20,21). The van der Waals surface area contributed by atoms with E-state index < -0.39 is 0 Å². The number of carbonyl (C=O) groups excluding carboxylic acids is 1. The molecule has 0 bridgehead atoms. The van der Waals surface area contributed by atoms with Crippen molar-refractivity contribution < 1.29 is 9.53 Å². The van der Waals surface area contributed by atoms with E-state index in [0.29, 0.717) is 23.6 Å². The fourth-order valence-corrected chi connectivity index (χ4v) is 2.06. The second-order valence-electron chi connectivity index (χ2n) is 5.35. The summed E-state index contributed by atoms with van der Waals surface area (Å²) in [6.45, 7) is 6.69. The van der Waals surface area contributed by atoms with Crippen LogP contribution in [-0.2, 0) is 0 Å². The van der Waals surface area contributed by atoms with Crippen LogP contribution in [0, 0.1) is 13.8 Å². The number of anilines is 2. The van der Waals surface area contributed by atoms with Gasteiger partial charge in [-0.2, -0.15) is 0 Å². The summed E-state index contributed by atoms with van der Waals surface area (Å²) in [5, 5.41) is 2.88. The lowest BCUT2D eigenvalue weighted by Crippen LogP contribution is -2.12. The van der Waals surface area contributed by atoms with Crippen molar-refractivity contribution >= 4 is 17.3 Å². The van der Waals surface area contributed by atoms with Gasteiger partial charge in [-0.3, -0.25) is 4.79 Å². The predicted molar refractivity (Wildman–Crippen MR) is 90.5 cm³/mol. The number of nitrogen functional groups attached to an aromatic ring is 1. The van der Waals surface area contributed by atoms with E-state index in [-0.39, 0.29) is 5.91 Å². The number of amides is 1. The molecule has 0 aliphatic rings. The molecule has 116 valence electrons. The summed E-state index contributed by atoms with van der Waals surface area (Å²) >= 11 is 0. The molecule has 0 unspecified atom stereocenters. The maximum Gasteiger partial charge on any atom is 0.255 e. The van der Waals surface area contributed by atoms with E-state index in [1.807, 2.05) is 39.0 Å². The summed E-state index contributed by atoms with van der Waals surface area (Å²) in [5.74, 6) is 0.432. The van der Waals surface area contributed by atoms with Crippen molar-refractivity contribution in [2.45, 2.75) is 27.2 Å². The first-order valence-electron chi connectivity index (χ1n) is 7.42. The molecule has 0 radical (unpaired) electrons. The molecule has 0 atom stereocenters. The van der Waals surface area contributed by atoms with Gasteiger partial charge in [0, 0.05) is 11.3 Å². The first kappa shape index (κ1) is 15.9. The van der Waals surface area contributed by atoms with Crippen molar-refractivity contribution in [3.05, 3.63) is 53.1 Å². The number of ether oxygens (including phenoxy) is 1. The number of rotatable bonds is 5. The average Bonchev–Trinajstić information content (AvgIpc) is 2.49. The molecule has 0 saturated heterocycles. The van der Waals surface area contributed by atoms with Crippen LogP contribution >= 0.6 is 0 Å². The average molecular weight is 298 g/mol. The molecule has 3 N–H and O–H groups in total. The second kappa shape index (κ2) is 6.98. The molecule has 4 heteroatoms. The first-order chi connectivity index (χ1) is 10.5. The fraction of sp³-hybridized carbons (Fsp3) is 0.278. The van der Waals surface area contributed by atoms with Crippen LogP contribution in [0.25, 0.3) is 0 Å². The molecule has 0 spiro atoms. The van der Waals surface area contributed by atoms with Crippen LogP contribution in [0.1, 0.15) is 34.8 Å². The molecule has 0 heterocycles. The van der Waals surface area contributed by atoms with Gasteiger partial charge in [0.25, 0.3) is 5.91 Å². The number of benzene rings is 2. The van der Waals surface area contributed by atoms with Gasteiger partial charge in [-0.25, -0.2) is 0 Å². The third-order valence-electron chi connectivity index (χ3n) is 3.50. The van der Waals surface area contributed by atoms with E-state index in [1.165, 1.54) is 5.56 Å². The third-order valence-corrected chi connectivity index (χ3v) is 3.50. The molecule has 1 amide bonds. The lowest BCUT2D eigenvalue weighted by Gasteiger charge is -2.11. The zero-order chi connectivity index (χ0) is 16.1. The van der Waals surface area contributed by atoms with Gasteiger partial charge in [-0.1, -0.05) is 13.0 Å². The van der Waals surface area contributed by atoms with Crippen LogP contribution in [0.5, 0.6) is 5.75 Å². The first-order valence-corrected chi connectivity index (χ1v) is 7.42. The van der Waals surface area contributed by atoms with E-state index in [0.717, 1.165) is 17.7 Å². The van der Waals surface area contributed by atoms with E-state index in [2.05, 4.69) is 5.32 Å². The van der Waals surface area contributed by atoms with Gasteiger partial charge >= 0.3 is 0 Å². The number of nitrogens with one attached hydrogen (secondary N) is 1. The van der Waals surface area contributed by atoms with E-state index >= 15 is 0 Å². The summed E-state index contributed by atoms with van der Waals surface area (Å²) in [5.41, 5.74) is 10.0. The van der Waals surface area contributed by atoms with Crippen molar-refractivity contribution in [1.82, 2.24) is 0 Å². The Balaban J connectivity index is 2.12. The Labute approximate surface area is 131 Å². The van der Waals surface area contributed by atoms with Crippen molar-refractivity contribution in [3.63, 3.8) is 0 Å². The molecule has 2 aromatic carbocycles. The molecule has 2 aromatic rings. The summed E-state index contributed by atoms with van der Waals surface area (Å²) < 4.78 is 5.51. The second-order valence-corrected chi connectivity index (χ2v) is 5.35. The van der Waals surface area contributed by atoms with Crippen molar-refractivity contribution in [1.29, 1.82) is 0 Å². The molecular weight excluding hydrogens is 276 g/mol. The Morgan fingerprint density at radius 3 is 2.55 bits per heavy atom. The Morgan fingerprint density at radius 2 is 1.91 bits per heavy atom. The highest BCUT2D eigenvalue weighted by atomic mass is 16.5.